The molecule has 3 nitrogen and oxygen atoms in total. The normalized spacial score (nSPS) is 26.3. The molecule has 1 rings (SSSR count). The van der Waals surface area contributed by atoms with Crippen molar-refractivity contribution in [1.29, 1.82) is 0 Å². The average molecular weight is 269 g/mol. The first kappa shape index (κ1) is 16.5. The standard InChI is InChI=1S/C16H31NO2/c1-4-7-8-14(6-3)12-17-10-9-13(5-2)11-15(17)16(18)19/h13-15H,4-12H2,1-3H3,(H,18,19). The Hall–Kier alpha value is -0.570. The van der Waals surface area contributed by atoms with Gasteiger partial charge in [0.25, 0.3) is 0 Å². The van der Waals surface area contributed by atoms with E-state index in [9.17, 15) is 9.90 Å². The highest BCUT2D eigenvalue weighted by Crippen LogP contribution is 2.27. The first-order valence-corrected chi connectivity index (χ1v) is 8.09. The molecule has 0 amide bonds. The van der Waals surface area contributed by atoms with Crippen LogP contribution in [-0.2, 0) is 4.79 Å². The SMILES string of the molecule is CCCCC(CC)CN1CCC(CC)CC1C(=O)O. The third-order valence-corrected chi connectivity index (χ3v) is 4.72. The molecule has 0 radical (unpaired) electrons. The molecule has 3 atom stereocenters. The summed E-state index contributed by atoms with van der Waals surface area (Å²) in [6.45, 7) is 8.58. The summed E-state index contributed by atoms with van der Waals surface area (Å²) in [5.74, 6) is 0.650. The molecule has 1 aliphatic rings. The van der Waals surface area contributed by atoms with E-state index in [4.69, 9.17) is 0 Å². The summed E-state index contributed by atoms with van der Waals surface area (Å²) >= 11 is 0. The molecule has 0 bridgehead atoms. The van der Waals surface area contributed by atoms with Crippen LogP contribution in [0.5, 0.6) is 0 Å². The zero-order chi connectivity index (χ0) is 14.3. The van der Waals surface area contributed by atoms with Crippen molar-refractivity contribution in [3.8, 4) is 0 Å². The van der Waals surface area contributed by atoms with Crippen molar-refractivity contribution in [3.05, 3.63) is 0 Å². The lowest BCUT2D eigenvalue weighted by Gasteiger charge is -2.38. The zero-order valence-electron chi connectivity index (χ0n) is 12.9. The van der Waals surface area contributed by atoms with E-state index < -0.39 is 5.97 Å². The molecule has 19 heavy (non-hydrogen) atoms. The van der Waals surface area contributed by atoms with Crippen LogP contribution in [0.1, 0.15) is 65.7 Å². The molecule has 0 aromatic rings. The molecule has 1 aliphatic heterocycles. The maximum absolute atomic E-state index is 11.5. The summed E-state index contributed by atoms with van der Waals surface area (Å²) in [5.41, 5.74) is 0. The summed E-state index contributed by atoms with van der Waals surface area (Å²) in [6, 6.07) is -0.241. The van der Waals surface area contributed by atoms with Crippen LogP contribution in [0, 0.1) is 11.8 Å². The van der Waals surface area contributed by atoms with Gasteiger partial charge in [0.05, 0.1) is 0 Å². The molecule has 1 fully saturated rings. The first-order chi connectivity index (χ1) is 9.12. The minimum absolute atomic E-state index is 0.241. The third kappa shape index (κ3) is 5.13. The van der Waals surface area contributed by atoms with E-state index in [1.165, 1.54) is 32.1 Å². The van der Waals surface area contributed by atoms with Gasteiger partial charge in [0.15, 0.2) is 0 Å². The topological polar surface area (TPSA) is 40.5 Å². The Balaban J connectivity index is 2.56. The van der Waals surface area contributed by atoms with Crippen LogP contribution in [0.4, 0.5) is 0 Å². The fraction of sp³-hybridized carbons (Fsp3) is 0.938. The van der Waals surface area contributed by atoms with E-state index >= 15 is 0 Å². The Morgan fingerprint density at radius 3 is 2.63 bits per heavy atom. The number of nitrogens with zero attached hydrogens (tertiary/aromatic N) is 1. The number of rotatable bonds is 8. The van der Waals surface area contributed by atoms with Crippen molar-refractivity contribution in [2.75, 3.05) is 13.1 Å². The highest BCUT2D eigenvalue weighted by molar-refractivity contribution is 5.73. The molecular weight excluding hydrogens is 238 g/mol. The largest absolute Gasteiger partial charge is 0.480 e. The number of carboxylic acid groups (broad SMARTS) is 1. The molecule has 0 aliphatic carbocycles. The zero-order valence-corrected chi connectivity index (χ0v) is 12.9. The van der Waals surface area contributed by atoms with Crippen LogP contribution in [0.2, 0.25) is 0 Å². The van der Waals surface area contributed by atoms with Gasteiger partial charge in [0.2, 0.25) is 0 Å². The number of likely N-dealkylation sites (tertiary alicyclic amines) is 1. The van der Waals surface area contributed by atoms with Gasteiger partial charge in [-0.05, 0) is 37.6 Å². The van der Waals surface area contributed by atoms with Crippen molar-refractivity contribution < 1.29 is 9.90 Å². The third-order valence-electron chi connectivity index (χ3n) is 4.72. The van der Waals surface area contributed by atoms with Crippen LogP contribution in [0.15, 0.2) is 0 Å². The Kier molecular flexibility index (Phi) is 7.44. The second-order valence-corrected chi connectivity index (χ2v) is 6.06. The van der Waals surface area contributed by atoms with Crippen molar-refractivity contribution in [2.45, 2.75) is 71.8 Å². The minimum Gasteiger partial charge on any atom is -0.480 e. The number of carbonyl (C=O) groups is 1. The quantitative estimate of drug-likeness (QED) is 0.729. The Morgan fingerprint density at radius 2 is 2.11 bits per heavy atom. The summed E-state index contributed by atoms with van der Waals surface area (Å²) < 4.78 is 0. The highest BCUT2D eigenvalue weighted by Gasteiger charge is 2.33. The molecule has 0 saturated carbocycles. The Morgan fingerprint density at radius 1 is 1.37 bits per heavy atom. The van der Waals surface area contributed by atoms with Gasteiger partial charge >= 0.3 is 5.97 Å². The summed E-state index contributed by atoms with van der Waals surface area (Å²) in [6.07, 6.45) is 8.04. The molecule has 0 aromatic carbocycles. The van der Waals surface area contributed by atoms with E-state index in [0.29, 0.717) is 11.8 Å². The van der Waals surface area contributed by atoms with Crippen LogP contribution in [0.25, 0.3) is 0 Å². The van der Waals surface area contributed by atoms with Gasteiger partial charge in [-0.25, -0.2) is 0 Å². The predicted octanol–water partition coefficient (Wildman–Crippen LogP) is 3.78. The van der Waals surface area contributed by atoms with Crippen LogP contribution < -0.4 is 0 Å². The molecule has 1 N–H and O–H groups in total. The van der Waals surface area contributed by atoms with Gasteiger partial charge in [-0.15, -0.1) is 0 Å². The van der Waals surface area contributed by atoms with Crippen molar-refractivity contribution in [2.24, 2.45) is 11.8 Å². The van der Waals surface area contributed by atoms with Crippen molar-refractivity contribution in [3.63, 3.8) is 0 Å². The smallest absolute Gasteiger partial charge is 0.320 e. The van der Waals surface area contributed by atoms with Gasteiger partial charge in [-0.3, -0.25) is 9.69 Å². The number of hydrogen-bond acceptors (Lipinski definition) is 2. The van der Waals surface area contributed by atoms with Gasteiger partial charge in [0.1, 0.15) is 6.04 Å². The minimum atomic E-state index is -0.622. The van der Waals surface area contributed by atoms with Gasteiger partial charge < -0.3 is 5.11 Å². The molecule has 112 valence electrons. The highest BCUT2D eigenvalue weighted by atomic mass is 16.4. The molecular formula is C16H31NO2. The summed E-state index contributed by atoms with van der Waals surface area (Å²) in [4.78, 5) is 13.7. The molecule has 1 heterocycles. The lowest BCUT2D eigenvalue weighted by molar-refractivity contribution is -0.145. The van der Waals surface area contributed by atoms with Gasteiger partial charge in [0, 0.05) is 6.54 Å². The van der Waals surface area contributed by atoms with Crippen molar-refractivity contribution >= 4 is 5.97 Å². The number of hydrogen-bond donors (Lipinski definition) is 1. The summed E-state index contributed by atoms with van der Waals surface area (Å²) in [5, 5.41) is 9.44. The first-order valence-electron chi connectivity index (χ1n) is 8.09. The van der Waals surface area contributed by atoms with Crippen LogP contribution >= 0.6 is 0 Å². The number of aliphatic carboxylic acids is 1. The van der Waals surface area contributed by atoms with E-state index in [2.05, 4.69) is 25.7 Å². The number of carboxylic acids is 1. The molecule has 3 unspecified atom stereocenters. The van der Waals surface area contributed by atoms with Gasteiger partial charge in [-0.2, -0.15) is 0 Å². The number of piperidine rings is 1. The maximum Gasteiger partial charge on any atom is 0.320 e. The second kappa shape index (κ2) is 8.57. The van der Waals surface area contributed by atoms with E-state index in [1.807, 2.05) is 0 Å². The van der Waals surface area contributed by atoms with E-state index in [-0.39, 0.29) is 6.04 Å². The molecule has 1 saturated heterocycles. The van der Waals surface area contributed by atoms with Crippen LogP contribution in [0.3, 0.4) is 0 Å². The van der Waals surface area contributed by atoms with Crippen LogP contribution in [-0.4, -0.2) is 35.1 Å². The molecule has 3 heteroatoms. The summed E-state index contributed by atoms with van der Waals surface area (Å²) in [7, 11) is 0. The lowest BCUT2D eigenvalue weighted by atomic mass is 9.87. The monoisotopic (exact) mass is 269 g/mol. The molecule has 0 spiro atoms. The maximum atomic E-state index is 11.5. The predicted molar refractivity (Wildman–Crippen MR) is 79.3 cm³/mol. The molecule has 0 aromatic heterocycles. The number of unbranched alkanes of at least 4 members (excludes halogenated alkanes) is 1. The fourth-order valence-corrected chi connectivity index (χ4v) is 3.18. The van der Waals surface area contributed by atoms with Crippen molar-refractivity contribution in [1.82, 2.24) is 4.90 Å². The van der Waals surface area contributed by atoms with E-state index in [1.54, 1.807) is 0 Å². The Bertz CT molecular complexity index is 267. The Labute approximate surface area is 118 Å². The average Bonchev–Trinajstić information content (AvgIpc) is 2.43. The lowest BCUT2D eigenvalue weighted by Crippen LogP contribution is -2.48. The second-order valence-electron chi connectivity index (χ2n) is 6.06. The van der Waals surface area contributed by atoms with Gasteiger partial charge in [-0.1, -0.05) is 46.5 Å². The fourth-order valence-electron chi connectivity index (χ4n) is 3.18. The van der Waals surface area contributed by atoms with E-state index in [0.717, 1.165) is 25.9 Å².